The third kappa shape index (κ3) is 4.77. The molecule has 0 saturated carbocycles. The summed E-state index contributed by atoms with van der Waals surface area (Å²) < 4.78 is 5.71. The first-order chi connectivity index (χ1) is 12.3. The van der Waals surface area contributed by atoms with Gasteiger partial charge >= 0.3 is 0 Å². The Balaban J connectivity index is 0.00000131. The van der Waals surface area contributed by atoms with Crippen LogP contribution in [0.4, 0.5) is 0 Å². The third-order valence-corrected chi connectivity index (χ3v) is 4.52. The lowest BCUT2D eigenvalue weighted by Gasteiger charge is -2.36. The van der Waals surface area contributed by atoms with Crippen molar-refractivity contribution >= 4 is 41.8 Å². The summed E-state index contributed by atoms with van der Waals surface area (Å²) >= 11 is 0. The van der Waals surface area contributed by atoms with Gasteiger partial charge < -0.3 is 14.6 Å². The van der Waals surface area contributed by atoms with E-state index in [9.17, 15) is 4.79 Å². The summed E-state index contributed by atoms with van der Waals surface area (Å²) in [6.07, 6.45) is 4.48. The molecule has 0 bridgehead atoms. The molecule has 8 heteroatoms. The zero-order valence-corrected chi connectivity index (χ0v) is 16.3. The second-order valence-electron chi connectivity index (χ2n) is 6.17. The van der Waals surface area contributed by atoms with Crippen LogP contribution in [0.2, 0.25) is 0 Å². The van der Waals surface area contributed by atoms with Gasteiger partial charge in [0.1, 0.15) is 5.52 Å². The van der Waals surface area contributed by atoms with E-state index in [1.807, 2.05) is 47.5 Å². The number of nitrogens with one attached hydrogen (secondary N) is 1. The van der Waals surface area contributed by atoms with Gasteiger partial charge in [0.2, 0.25) is 5.91 Å². The predicted molar refractivity (Wildman–Crippen MR) is 108 cm³/mol. The molecule has 27 heavy (non-hydrogen) atoms. The van der Waals surface area contributed by atoms with Gasteiger partial charge in [-0.1, -0.05) is 18.2 Å². The Morgan fingerprint density at radius 2 is 2.07 bits per heavy atom. The predicted octanol–water partition coefficient (Wildman–Crippen LogP) is 3.17. The zero-order chi connectivity index (χ0) is 17.1. The number of piperazine rings is 1. The van der Waals surface area contributed by atoms with Gasteiger partial charge in [0, 0.05) is 44.9 Å². The first kappa shape index (κ1) is 21.2. The second-order valence-corrected chi connectivity index (χ2v) is 6.17. The maximum absolute atomic E-state index is 12.8. The SMILES string of the molecule is Cl.Cl.O=C(CCc1nc2ccccc2o1)N1CCNCC1c1cccnc1. The van der Waals surface area contributed by atoms with E-state index in [4.69, 9.17) is 4.42 Å². The van der Waals surface area contributed by atoms with E-state index in [1.165, 1.54) is 0 Å². The fraction of sp³-hybridized carbons (Fsp3) is 0.316. The normalized spacial score (nSPS) is 16.4. The zero-order valence-electron chi connectivity index (χ0n) is 14.7. The average molecular weight is 409 g/mol. The van der Waals surface area contributed by atoms with Crippen LogP contribution in [0.15, 0.2) is 53.2 Å². The van der Waals surface area contributed by atoms with Crippen LogP contribution < -0.4 is 5.32 Å². The molecule has 0 spiro atoms. The number of halogens is 2. The van der Waals surface area contributed by atoms with E-state index in [2.05, 4.69) is 15.3 Å². The first-order valence-corrected chi connectivity index (χ1v) is 8.56. The molecule has 1 unspecified atom stereocenters. The van der Waals surface area contributed by atoms with Crippen molar-refractivity contribution in [1.29, 1.82) is 0 Å². The molecule has 1 aliphatic rings. The Bertz CT molecular complexity index is 839. The van der Waals surface area contributed by atoms with E-state index in [0.29, 0.717) is 25.3 Å². The molecule has 1 N–H and O–H groups in total. The van der Waals surface area contributed by atoms with Crippen LogP contribution in [0.3, 0.4) is 0 Å². The Hall–Kier alpha value is -2.15. The largest absolute Gasteiger partial charge is 0.441 e. The van der Waals surface area contributed by atoms with Gasteiger partial charge in [-0.3, -0.25) is 9.78 Å². The highest BCUT2D eigenvalue weighted by Crippen LogP contribution is 2.23. The fourth-order valence-corrected chi connectivity index (χ4v) is 3.26. The molecule has 1 amide bonds. The molecular weight excluding hydrogens is 387 g/mol. The highest BCUT2D eigenvalue weighted by molar-refractivity contribution is 5.85. The minimum atomic E-state index is 0. The number of hydrogen-bond acceptors (Lipinski definition) is 5. The Morgan fingerprint density at radius 1 is 1.22 bits per heavy atom. The number of hydrogen-bond donors (Lipinski definition) is 1. The summed E-state index contributed by atoms with van der Waals surface area (Å²) in [7, 11) is 0. The summed E-state index contributed by atoms with van der Waals surface area (Å²) in [5.74, 6) is 0.736. The summed E-state index contributed by atoms with van der Waals surface area (Å²) in [5, 5.41) is 3.36. The number of aryl methyl sites for hydroxylation is 1. The molecule has 1 atom stereocenters. The van der Waals surface area contributed by atoms with Crippen molar-refractivity contribution < 1.29 is 9.21 Å². The third-order valence-electron chi connectivity index (χ3n) is 4.52. The number of oxazole rings is 1. The Morgan fingerprint density at radius 3 is 2.85 bits per heavy atom. The lowest BCUT2D eigenvalue weighted by molar-refractivity contribution is -0.134. The van der Waals surface area contributed by atoms with Gasteiger partial charge in [0.15, 0.2) is 11.5 Å². The van der Waals surface area contributed by atoms with Crippen molar-refractivity contribution in [2.45, 2.75) is 18.9 Å². The molecule has 3 heterocycles. The molecule has 1 aromatic carbocycles. The monoisotopic (exact) mass is 408 g/mol. The topological polar surface area (TPSA) is 71.3 Å². The second kappa shape index (κ2) is 9.69. The Labute approximate surface area is 170 Å². The highest BCUT2D eigenvalue weighted by Gasteiger charge is 2.27. The summed E-state index contributed by atoms with van der Waals surface area (Å²) in [4.78, 5) is 23.3. The van der Waals surface area contributed by atoms with Gasteiger partial charge in [-0.15, -0.1) is 24.8 Å². The molecule has 1 fully saturated rings. The van der Waals surface area contributed by atoms with Gasteiger partial charge in [0.25, 0.3) is 0 Å². The number of fused-ring (bicyclic) bond motifs is 1. The average Bonchev–Trinajstić information content (AvgIpc) is 3.10. The van der Waals surface area contributed by atoms with Crippen LogP contribution in [-0.2, 0) is 11.2 Å². The number of amides is 1. The van der Waals surface area contributed by atoms with E-state index in [0.717, 1.165) is 29.8 Å². The minimum Gasteiger partial charge on any atom is -0.441 e. The molecule has 1 aliphatic heterocycles. The van der Waals surface area contributed by atoms with Crippen molar-refractivity contribution in [3.63, 3.8) is 0 Å². The van der Waals surface area contributed by atoms with Crippen LogP contribution in [0.1, 0.15) is 23.9 Å². The molecule has 4 rings (SSSR count). The number of carbonyl (C=O) groups is 1. The molecule has 0 aliphatic carbocycles. The van der Waals surface area contributed by atoms with Gasteiger partial charge in [0.05, 0.1) is 6.04 Å². The highest BCUT2D eigenvalue weighted by atomic mass is 35.5. The van der Waals surface area contributed by atoms with E-state index >= 15 is 0 Å². The number of nitrogens with zero attached hydrogens (tertiary/aromatic N) is 3. The molecule has 144 valence electrons. The maximum Gasteiger partial charge on any atom is 0.223 e. The molecule has 6 nitrogen and oxygen atoms in total. The quantitative estimate of drug-likeness (QED) is 0.717. The van der Waals surface area contributed by atoms with Crippen LogP contribution in [-0.4, -0.2) is 40.4 Å². The molecule has 3 aromatic rings. The van der Waals surface area contributed by atoms with E-state index in [-0.39, 0.29) is 36.8 Å². The number of aromatic nitrogens is 2. The number of carbonyl (C=O) groups excluding carboxylic acids is 1. The van der Waals surface area contributed by atoms with Crippen LogP contribution >= 0.6 is 24.8 Å². The van der Waals surface area contributed by atoms with E-state index in [1.54, 1.807) is 6.20 Å². The number of benzene rings is 1. The van der Waals surface area contributed by atoms with E-state index < -0.39 is 0 Å². The van der Waals surface area contributed by atoms with Gasteiger partial charge in [-0.05, 0) is 23.8 Å². The van der Waals surface area contributed by atoms with Crippen molar-refractivity contribution in [3.05, 3.63) is 60.2 Å². The number of rotatable bonds is 4. The van der Waals surface area contributed by atoms with Gasteiger partial charge in [-0.2, -0.15) is 0 Å². The lowest BCUT2D eigenvalue weighted by atomic mass is 10.0. The fourth-order valence-electron chi connectivity index (χ4n) is 3.26. The van der Waals surface area contributed by atoms with Gasteiger partial charge in [-0.25, -0.2) is 4.98 Å². The summed E-state index contributed by atoms with van der Waals surface area (Å²) in [5.41, 5.74) is 2.66. The van der Waals surface area contributed by atoms with Crippen molar-refractivity contribution in [2.24, 2.45) is 0 Å². The van der Waals surface area contributed by atoms with Crippen LogP contribution in [0.5, 0.6) is 0 Å². The number of para-hydroxylation sites is 2. The molecular formula is C19H22Cl2N4O2. The van der Waals surface area contributed by atoms with Crippen molar-refractivity contribution in [3.8, 4) is 0 Å². The molecule has 1 saturated heterocycles. The minimum absolute atomic E-state index is 0. The summed E-state index contributed by atoms with van der Waals surface area (Å²) in [6.45, 7) is 2.26. The van der Waals surface area contributed by atoms with Crippen LogP contribution in [0.25, 0.3) is 11.1 Å². The van der Waals surface area contributed by atoms with Crippen molar-refractivity contribution in [2.75, 3.05) is 19.6 Å². The standard InChI is InChI=1S/C19H20N4O2.2ClH/c24-19(8-7-18-22-15-5-1-2-6-17(15)25-18)23-11-10-21-13-16(23)14-4-3-9-20-12-14;;/h1-6,9,12,16,21H,7-8,10-11,13H2;2*1H. The maximum atomic E-state index is 12.8. The summed E-state index contributed by atoms with van der Waals surface area (Å²) in [6, 6.07) is 11.6. The van der Waals surface area contributed by atoms with Crippen molar-refractivity contribution in [1.82, 2.24) is 20.2 Å². The number of pyridine rings is 1. The molecule has 2 aromatic heterocycles. The van der Waals surface area contributed by atoms with Crippen LogP contribution in [0, 0.1) is 0 Å². The smallest absolute Gasteiger partial charge is 0.223 e. The molecule has 0 radical (unpaired) electrons. The first-order valence-electron chi connectivity index (χ1n) is 8.56. The Kier molecular flexibility index (Phi) is 7.59. The lowest BCUT2D eigenvalue weighted by Crippen LogP contribution is -2.48.